The van der Waals surface area contributed by atoms with Crippen LogP contribution in [0.15, 0.2) is 71.7 Å². The van der Waals surface area contributed by atoms with Crippen LogP contribution in [-0.4, -0.2) is 136 Å². The fraction of sp³-hybridized carbons (Fsp3) is 0.477. The molecule has 0 saturated carbocycles. The quantitative estimate of drug-likeness (QED) is 0.0417. The Balaban J connectivity index is 0.000000447. The van der Waals surface area contributed by atoms with Gasteiger partial charge in [-0.1, -0.05) is 42.5 Å². The van der Waals surface area contributed by atoms with Crippen LogP contribution in [0.5, 0.6) is 5.75 Å². The monoisotopic (exact) mass is 923 g/mol. The fourth-order valence-corrected chi connectivity index (χ4v) is 6.25. The normalized spacial score (nSPS) is 12.9. The van der Waals surface area contributed by atoms with Gasteiger partial charge in [-0.15, -0.1) is 0 Å². The molecule has 1 heterocycles. The van der Waals surface area contributed by atoms with Crippen molar-refractivity contribution in [2.75, 3.05) is 104 Å². The molecule has 20 heteroatoms. The molecule has 64 heavy (non-hydrogen) atoms. The molecule has 1 aliphatic heterocycles. The second kappa shape index (κ2) is 32.6. The number of carbonyl (C=O) groups is 4. The van der Waals surface area contributed by atoms with Crippen LogP contribution in [0.1, 0.15) is 37.8 Å². The first-order valence-corrected chi connectivity index (χ1v) is 22.0. The number of fused-ring (bicyclic) bond motifs is 1. The first kappa shape index (κ1) is 56.1. The van der Waals surface area contributed by atoms with Crippen molar-refractivity contribution in [1.82, 2.24) is 5.32 Å². The number of nitrogens with zero attached hydrogens (tertiary/aromatic N) is 2. The number of nitrogens with one attached hydrogen (secondary N) is 1. The number of benzene rings is 3. The molecule has 4 rings (SSSR count). The molecule has 3 aromatic carbocycles. The van der Waals surface area contributed by atoms with Crippen molar-refractivity contribution in [1.29, 1.82) is 0 Å². The van der Waals surface area contributed by atoms with Gasteiger partial charge < -0.3 is 57.3 Å². The second-order valence-corrected chi connectivity index (χ2v) is 15.1. The summed E-state index contributed by atoms with van der Waals surface area (Å²) in [5, 5.41) is 2.37. The van der Waals surface area contributed by atoms with Gasteiger partial charge in [-0.3, -0.25) is 23.7 Å². The Bertz CT molecular complexity index is 1920. The average Bonchev–Trinajstić information content (AvgIpc) is 3.29. The van der Waals surface area contributed by atoms with Gasteiger partial charge in [-0.05, 0) is 73.7 Å². The number of ether oxygens (including phenoxy) is 7. The number of aliphatic imine (C=N–C) groups is 1. The standard InChI is InChI=1S/C24H24N2O.C20H36NO14P.Na/c1-4-26(3)21-7-5-6-20(15-21)18-9-11-19(12-10-18)23-16-27-24-13-8-17(2)14-22(24)25-23;1-2-28-8-9-29-6-3-4-18(24)12-30-10-11-31-15-20(25)21-5-7-34-36(26,27)35-14-19(33-17-23)13-32-16-22;/h5-15H,4,16H2,1-3H3;16-17,19H,2-15H2,1H3,(H,21,25)(H,26,27);/q;;+1/p-1. The van der Waals surface area contributed by atoms with Crippen molar-refractivity contribution in [2.24, 2.45) is 4.99 Å². The van der Waals surface area contributed by atoms with Crippen molar-refractivity contribution in [3.63, 3.8) is 0 Å². The van der Waals surface area contributed by atoms with Gasteiger partial charge in [0.1, 0.15) is 37.9 Å². The predicted molar refractivity (Wildman–Crippen MR) is 232 cm³/mol. The van der Waals surface area contributed by atoms with Crippen molar-refractivity contribution < 1.29 is 100 Å². The number of phosphoric ester groups is 1. The molecule has 3 aromatic rings. The van der Waals surface area contributed by atoms with Crippen LogP contribution < -0.4 is 49.4 Å². The first-order valence-electron chi connectivity index (χ1n) is 20.5. The van der Waals surface area contributed by atoms with Crippen LogP contribution in [0.2, 0.25) is 0 Å². The van der Waals surface area contributed by atoms with E-state index in [1.807, 2.05) is 13.0 Å². The van der Waals surface area contributed by atoms with Gasteiger partial charge >= 0.3 is 29.6 Å². The largest absolute Gasteiger partial charge is 1.00 e. The summed E-state index contributed by atoms with van der Waals surface area (Å²) in [4.78, 5) is 62.5. The molecule has 18 nitrogen and oxygen atoms in total. The summed E-state index contributed by atoms with van der Waals surface area (Å²) in [6.07, 6.45) is -0.204. The van der Waals surface area contributed by atoms with E-state index < -0.39 is 39.7 Å². The minimum Gasteiger partial charge on any atom is -0.756 e. The zero-order chi connectivity index (χ0) is 45.7. The summed E-state index contributed by atoms with van der Waals surface area (Å²) in [7, 11) is -2.63. The topological polar surface area (TPSA) is 219 Å². The summed E-state index contributed by atoms with van der Waals surface area (Å²) in [5.41, 5.74) is 7.84. The van der Waals surface area contributed by atoms with E-state index in [-0.39, 0.29) is 81.3 Å². The third-order valence-corrected chi connectivity index (χ3v) is 9.89. The van der Waals surface area contributed by atoms with Gasteiger partial charge in [0.25, 0.3) is 20.8 Å². The Kier molecular flexibility index (Phi) is 28.6. The van der Waals surface area contributed by atoms with Gasteiger partial charge in [0.2, 0.25) is 5.91 Å². The Morgan fingerprint density at radius 3 is 2.30 bits per heavy atom. The fourth-order valence-electron chi connectivity index (χ4n) is 5.51. The molecule has 0 bridgehead atoms. The molecule has 2 atom stereocenters. The molecule has 1 amide bonds. The number of rotatable bonds is 31. The number of Topliss-reactive ketones (excluding diaryl/α,β-unsaturated/α-hetero) is 1. The molecule has 0 spiro atoms. The van der Waals surface area contributed by atoms with Crippen LogP contribution in [0.3, 0.4) is 0 Å². The zero-order valence-electron chi connectivity index (χ0n) is 37.4. The van der Waals surface area contributed by atoms with E-state index in [1.165, 1.54) is 22.4 Å². The van der Waals surface area contributed by atoms with E-state index in [0.29, 0.717) is 45.9 Å². The maximum Gasteiger partial charge on any atom is 1.00 e. The maximum atomic E-state index is 11.7. The Hall–Kier alpha value is -4.04. The Morgan fingerprint density at radius 2 is 1.58 bits per heavy atom. The summed E-state index contributed by atoms with van der Waals surface area (Å²) >= 11 is 0. The SMILES string of the molecule is CCN(C)c1cccc(-c2ccc(C3=Nc4cc(C)ccc4OC3)cc2)c1.CCOCCOCCCC(=O)COCCOCC(=O)NCCOP(=O)([O-])OCC(COC=O)OC=O.[Na+]. The first-order chi connectivity index (χ1) is 30.5. The molecular weight excluding hydrogens is 864 g/mol. The second-order valence-electron chi connectivity index (χ2n) is 13.7. The minimum atomic E-state index is -4.75. The van der Waals surface area contributed by atoms with E-state index in [4.69, 9.17) is 28.7 Å². The van der Waals surface area contributed by atoms with Crippen LogP contribution in [0, 0.1) is 6.92 Å². The van der Waals surface area contributed by atoms with Crippen LogP contribution in [0.4, 0.5) is 11.4 Å². The predicted octanol–water partition coefficient (Wildman–Crippen LogP) is 1.39. The van der Waals surface area contributed by atoms with E-state index in [1.54, 1.807) is 0 Å². The molecule has 0 fully saturated rings. The number of hydrogen-bond acceptors (Lipinski definition) is 17. The molecule has 0 aliphatic carbocycles. The van der Waals surface area contributed by atoms with Crippen molar-refractivity contribution >= 4 is 49.5 Å². The van der Waals surface area contributed by atoms with Crippen molar-refractivity contribution in [3.05, 3.63) is 77.9 Å². The molecule has 0 aromatic heterocycles. The summed E-state index contributed by atoms with van der Waals surface area (Å²) < 4.78 is 56.2. The number of ketones is 1. The molecular formula is C44H59N3NaO15P. The van der Waals surface area contributed by atoms with Crippen molar-refractivity contribution in [2.45, 2.75) is 39.7 Å². The number of aryl methyl sites for hydroxylation is 1. The number of phosphoric acid groups is 1. The van der Waals surface area contributed by atoms with Gasteiger partial charge in [0, 0.05) is 45.5 Å². The van der Waals surface area contributed by atoms with Crippen LogP contribution in [0.25, 0.3) is 11.1 Å². The van der Waals surface area contributed by atoms with E-state index in [2.05, 4.69) is 110 Å². The van der Waals surface area contributed by atoms with Crippen molar-refractivity contribution in [3.8, 4) is 16.9 Å². The summed E-state index contributed by atoms with van der Waals surface area (Å²) in [5.74, 6) is 0.269. The smallest absolute Gasteiger partial charge is 0.756 e. The molecule has 0 radical (unpaired) electrons. The molecule has 0 saturated heterocycles. The number of carbonyl (C=O) groups excluding carboxylic acids is 4. The van der Waals surface area contributed by atoms with Crippen LogP contribution >= 0.6 is 7.82 Å². The molecule has 1 aliphatic rings. The number of hydrogen-bond donors (Lipinski definition) is 1. The van der Waals surface area contributed by atoms with E-state index in [0.717, 1.165) is 29.3 Å². The average molecular weight is 924 g/mol. The summed E-state index contributed by atoms with van der Waals surface area (Å²) in [6.45, 7) is 8.15. The number of anilines is 1. The minimum absolute atomic E-state index is 0. The third kappa shape index (κ3) is 22.7. The zero-order valence-corrected chi connectivity index (χ0v) is 40.3. The van der Waals surface area contributed by atoms with E-state index in [9.17, 15) is 28.6 Å². The van der Waals surface area contributed by atoms with Gasteiger partial charge in [0.05, 0.1) is 45.4 Å². The van der Waals surface area contributed by atoms with Gasteiger partial charge in [-0.25, -0.2) is 4.99 Å². The third-order valence-electron chi connectivity index (χ3n) is 8.93. The van der Waals surface area contributed by atoms with Gasteiger partial charge in [0.15, 0.2) is 11.9 Å². The Labute approximate surface area is 397 Å². The summed E-state index contributed by atoms with van der Waals surface area (Å²) in [6, 6.07) is 23.4. The molecule has 1 N–H and O–H groups in total. The Morgan fingerprint density at radius 1 is 0.859 bits per heavy atom. The van der Waals surface area contributed by atoms with Crippen LogP contribution in [-0.2, 0) is 61.2 Å². The number of amides is 1. The maximum absolute atomic E-state index is 11.7. The molecule has 2 unspecified atom stereocenters. The van der Waals surface area contributed by atoms with Gasteiger partial charge in [-0.2, -0.15) is 0 Å². The molecule has 346 valence electrons. The van der Waals surface area contributed by atoms with E-state index >= 15 is 0 Å².